The summed E-state index contributed by atoms with van der Waals surface area (Å²) in [5.41, 5.74) is 4.85. The van der Waals surface area contributed by atoms with Crippen LogP contribution in [0.2, 0.25) is 0 Å². The lowest BCUT2D eigenvalue weighted by Gasteiger charge is -2.24. The molecule has 1 aliphatic carbocycles. The first-order valence-electron chi connectivity index (χ1n) is 8.65. The number of hydrogen-bond donors (Lipinski definition) is 1. The van der Waals surface area contributed by atoms with E-state index in [1.165, 1.54) is 25.7 Å². The van der Waals surface area contributed by atoms with E-state index in [1.807, 2.05) is 12.1 Å². The Balaban J connectivity index is 1.66. The van der Waals surface area contributed by atoms with Gasteiger partial charge in [-0.2, -0.15) is 10.2 Å². The molecule has 2 bridgehead atoms. The van der Waals surface area contributed by atoms with Gasteiger partial charge in [0.1, 0.15) is 5.69 Å². The summed E-state index contributed by atoms with van der Waals surface area (Å²) in [7, 11) is 0. The van der Waals surface area contributed by atoms with Gasteiger partial charge in [0, 0.05) is 19.3 Å². The molecular weight excluding hydrogens is 306 g/mol. The maximum Gasteiger partial charge on any atom is 0.189 e. The number of nitrogens with one attached hydrogen (secondary N) is 1. The van der Waals surface area contributed by atoms with E-state index in [1.54, 1.807) is 6.20 Å². The van der Waals surface area contributed by atoms with Crippen LogP contribution in [0.5, 0.6) is 0 Å². The molecule has 1 aromatic heterocycles. The van der Waals surface area contributed by atoms with Crippen molar-refractivity contribution in [3.05, 3.63) is 24.0 Å². The second kappa shape index (κ2) is 7.81. The van der Waals surface area contributed by atoms with Gasteiger partial charge in [-0.15, -0.1) is 5.10 Å². The van der Waals surface area contributed by atoms with Crippen LogP contribution in [0.3, 0.4) is 0 Å². The molecule has 2 aliphatic heterocycles. The number of rotatable bonds is 4. The van der Waals surface area contributed by atoms with E-state index in [2.05, 4.69) is 32.5 Å². The molecule has 5 nitrogen and oxygen atoms in total. The molecule has 0 radical (unpaired) electrons. The Kier molecular flexibility index (Phi) is 5.54. The number of fused-ring (bicyclic) bond motifs is 4. The number of hydrogen-bond acceptors (Lipinski definition) is 4. The van der Waals surface area contributed by atoms with Crippen LogP contribution in [0.15, 0.2) is 23.4 Å². The maximum atomic E-state index is 5.59. The summed E-state index contributed by atoms with van der Waals surface area (Å²) in [6.07, 6.45) is 8.97. The van der Waals surface area contributed by atoms with E-state index >= 15 is 0 Å². The second-order valence-electron chi connectivity index (χ2n) is 6.63. The highest BCUT2D eigenvalue weighted by atomic mass is 32.1. The van der Waals surface area contributed by atoms with Crippen LogP contribution in [-0.4, -0.2) is 39.0 Å². The van der Waals surface area contributed by atoms with Crippen molar-refractivity contribution in [3.63, 3.8) is 0 Å². The van der Waals surface area contributed by atoms with Gasteiger partial charge in [-0.1, -0.05) is 13.3 Å². The highest BCUT2D eigenvalue weighted by Crippen LogP contribution is 2.33. The Labute approximate surface area is 143 Å². The topological polar surface area (TPSA) is 53.4 Å². The minimum absolute atomic E-state index is 0.751. The molecule has 0 atom stereocenters. The predicted octanol–water partition coefficient (Wildman–Crippen LogP) is 2.98. The molecule has 0 aromatic carbocycles. The van der Waals surface area contributed by atoms with Gasteiger partial charge in [-0.3, -0.25) is 5.43 Å². The third-order valence-electron chi connectivity index (χ3n) is 4.85. The van der Waals surface area contributed by atoms with Crippen LogP contribution < -0.4 is 5.43 Å². The van der Waals surface area contributed by atoms with Crippen LogP contribution >= 0.6 is 12.2 Å². The van der Waals surface area contributed by atoms with Crippen LogP contribution in [0, 0.1) is 11.8 Å². The summed E-state index contributed by atoms with van der Waals surface area (Å²) < 4.78 is 0. The summed E-state index contributed by atoms with van der Waals surface area (Å²) in [4.78, 5) is 2.31. The quantitative estimate of drug-likeness (QED) is 0.522. The van der Waals surface area contributed by atoms with Gasteiger partial charge < -0.3 is 4.90 Å². The van der Waals surface area contributed by atoms with Crippen molar-refractivity contribution in [1.82, 2.24) is 20.5 Å². The molecule has 3 aliphatic rings. The smallest absolute Gasteiger partial charge is 0.189 e. The van der Waals surface area contributed by atoms with Gasteiger partial charge in [-0.25, -0.2) is 0 Å². The monoisotopic (exact) mass is 331 g/mol. The lowest BCUT2D eigenvalue weighted by atomic mass is 9.84. The second-order valence-corrected chi connectivity index (χ2v) is 7.01. The van der Waals surface area contributed by atoms with E-state index in [4.69, 9.17) is 12.2 Å². The summed E-state index contributed by atoms with van der Waals surface area (Å²) in [5.74, 6) is 1.60. The van der Waals surface area contributed by atoms with Gasteiger partial charge in [0.15, 0.2) is 5.11 Å². The SMILES string of the molecule is CCC/C(=N\NC(=S)N1CC2CCC(CC2)C1)c1cccnn1. The summed E-state index contributed by atoms with van der Waals surface area (Å²) in [6.45, 7) is 4.29. The van der Waals surface area contributed by atoms with Gasteiger partial charge >= 0.3 is 0 Å². The van der Waals surface area contributed by atoms with E-state index in [-0.39, 0.29) is 0 Å². The molecule has 1 N–H and O–H groups in total. The summed E-state index contributed by atoms with van der Waals surface area (Å²) in [6, 6.07) is 3.83. The minimum atomic E-state index is 0.751. The van der Waals surface area contributed by atoms with Crippen molar-refractivity contribution >= 4 is 23.0 Å². The Morgan fingerprint density at radius 3 is 2.57 bits per heavy atom. The van der Waals surface area contributed by atoms with Crippen molar-refractivity contribution < 1.29 is 0 Å². The van der Waals surface area contributed by atoms with E-state index in [9.17, 15) is 0 Å². The zero-order valence-corrected chi connectivity index (χ0v) is 14.6. The average Bonchev–Trinajstić information content (AvgIpc) is 2.93. The largest absolute Gasteiger partial charge is 0.347 e. The Morgan fingerprint density at radius 1 is 1.30 bits per heavy atom. The van der Waals surface area contributed by atoms with E-state index < -0.39 is 0 Å². The van der Waals surface area contributed by atoms with Crippen molar-refractivity contribution in [3.8, 4) is 0 Å². The van der Waals surface area contributed by atoms with Crippen LogP contribution in [0.4, 0.5) is 0 Å². The molecule has 4 rings (SSSR count). The first-order valence-corrected chi connectivity index (χ1v) is 9.06. The molecule has 124 valence electrons. The lowest BCUT2D eigenvalue weighted by Crippen LogP contribution is -2.40. The van der Waals surface area contributed by atoms with E-state index in [0.29, 0.717) is 0 Å². The molecule has 1 saturated carbocycles. The first kappa shape index (κ1) is 16.3. The van der Waals surface area contributed by atoms with E-state index in [0.717, 1.165) is 54.3 Å². The fourth-order valence-corrected chi connectivity index (χ4v) is 3.77. The molecule has 0 unspecified atom stereocenters. The van der Waals surface area contributed by atoms with Crippen LogP contribution in [0.25, 0.3) is 0 Å². The van der Waals surface area contributed by atoms with Crippen LogP contribution in [-0.2, 0) is 0 Å². The predicted molar refractivity (Wildman–Crippen MR) is 96.2 cm³/mol. The fraction of sp³-hybridized carbons (Fsp3) is 0.647. The van der Waals surface area contributed by atoms with Gasteiger partial charge in [0.05, 0.1) is 5.71 Å². The molecule has 6 heteroatoms. The van der Waals surface area contributed by atoms with Gasteiger partial charge in [-0.05, 0) is 68.3 Å². The first-order chi connectivity index (χ1) is 11.3. The summed E-state index contributed by atoms with van der Waals surface area (Å²) in [5, 5.41) is 13.4. The highest BCUT2D eigenvalue weighted by Gasteiger charge is 2.30. The highest BCUT2D eigenvalue weighted by molar-refractivity contribution is 7.80. The zero-order valence-electron chi connectivity index (χ0n) is 13.7. The fourth-order valence-electron chi connectivity index (χ4n) is 3.58. The molecule has 2 saturated heterocycles. The standard InChI is InChI=1S/C17H25N5S/c1-2-4-15(16-5-3-10-18-19-16)20-21-17(23)22-11-13-6-7-14(12-22)9-8-13/h3,5,10,13-14H,2,4,6-9,11-12H2,1H3,(H,21,23)/b20-15+. The third-order valence-corrected chi connectivity index (χ3v) is 5.20. The Hall–Kier alpha value is -1.56. The Morgan fingerprint density at radius 2 is 2.00 bits per heavy atom. The number of aromatic nitrogens is 2. The van der Waals surface area contributed by atoms with Gasteiger partial charge in [0.2, 0.25) is 0 Å². The molecule has 3 fully saturated rings. The lowest BCUT2D eigenvalue weighted by molar-refractivity contribution is 0.326. The van der Waals surface area contributed by atoms with Gasteiger partial charge in [0.25, 0.3) is 0 Å². The molecule has 1 aromatic rings. The normalized spacial score (nSPS) is 24.4. The number of thiocarbonyl (C=S) groups is 1. The van der Waals surface area contributed by atoms with Crippen molar-refractivity contribution in [1.29, 1.82) is 0 Å². The van der Waals surface area contributed by atoms with Crippen molar-refractivity contribution in [2.24, 2.45) is 16.9 Å². The number of nitrogens with zero attached hydrogens (tertiary/aromatic N) is 4. The molecule has 0 spiro atoms. The Bertz CT molecular complexity index is 537. The molecular formula is C17H25N5S. The minimum Gasteiger partial charge on any atom is -0.347 e. The molecule has 3 heterocycles. The molecule has 0 amide bonds. The average molecular weight is 331 g/mol. The van der Waals surface area contributed by atoms with Crippen molar-refractivity contribution in [2.45, 2.75) is 45.4 Å². The maximum absolute atomic E-state index is 5.59. The summed E-state index contributed by atoms with van der Waals surface area (Å²) >= 11 is 5.59. The van der Waals surface area contributed by atoms with Crippen LogP contribution in [0.1, 0.15) is 51.1 Å². The zero-order chi connectivity index (χ0) is 16.1. The van der Waals surface area contributed by atoms with Crippen molar-refractivity contribution in [2.75, 3.05) is 13.1 Å². The third kappa shape index (κ3) is 4.25. The molecule has 23 heavy (non-hydrogen) atoms. The number of hydrazone groups is 1.